The summed E-state index contributed by atoms with van der Waals surface area (Å²) in [5.74, 6) is -0.443. The smallest absolute Gasteiger partial charge is 0.249 e. The van der Waals surface area contributed by atoms with Crippen LogP contribution in [-0.2, 0) is 14.2 Å². The molecule has 5 heteroatoms. The fraction of sp³-hybridized carbons (Fsp3) is 1.00. The fourth-order valence-electron chi connectivity index (χ4n) is 1.35. The molecule has 0 saturated carbocycles. The van der Waals surface area contributed by atoms with Gasteiger partial charge in [0.1, 0.15) is 0 Å². The van der Waals surface area contributed by atoms with Gasteiger partial charge in [0.05, 0.1) is 12.7 Å². The van der Waals surface area contributed by atoms with Crippen LogP contribution in [-0.4, -0.2) is 46.0 Å². The summed E-state index contributed by atoms with van der Waals surface area (Å²) in [4.78, 5) is 9.99. The second-order valence-corrected chi connectivity index (χ2v) is 6.91. The molecule has 1 aliphatic heterocycles. The van der Waals surface area contributed by atoms with Crippen LogP contribution >= 0.6 is 0 Å². The minimum atomic E-state index is -2.40. The van der Waals surface area contributed by atoms with Gasteiger partial charge >= 0.3 is 0 Å². The van der Waals surface area contributed by atoms with Crippen molar-refractivity contribution in [3.05, 3.63) is 0 Å². The van der Waals surface area contributed by atoms with Crippen molar-refractivity contribution in [1.82, 2.24) is 0 Å². The summed E-state index contributed by atoms with van der Waals surface area (Å²) in [5.41, 5.74) is 0. The second kappa shape index (κ2) is 3.84. The number of methoxy groups -OCH3 is 2. The summed E-state index contributed by atoms with van der Waals surface area (Å²) in [5, 5.41) is 0. The van der Waals surface area contributed by atoms with Crippen molar-refractivity contribution in [3.8, 4) is 0 Å². The lowest BCUT2D eigenvalue weighted by molar-refractivity contribution is -0.0594. The van der Waals surface area contributed by atoms with E-state index in [1.165, 1.54) is 0 Å². The van der Waals surface area contributed by atoms with Gasteiger partial charge in [-0.25, -0.2) is 0 Å². The van der Waals surface area contributed by atoms with Crippen LogP contribution in [0.15, 0.2) is 0 Å². The maximum atomic E-state index is 9.99. The molecule has 12 heavy (non-hydrogen) atoms. The van der Waals surface area contributed by atoms with Crippen LogP contribution in [0.4, 0.5) is 0 Å². The molecule has 0 aliphatic carbocycles. The molecule has 1 N–H and O–H groups in total. The van der Waals surface area contributed by atoms with E-state index >= 15 is 0 Å². The first-order chi connectivity index (χ1) is 5.60. The van der Waals surface area contributed by atoms with E-state index in [4.69, 9.17) is 14.2 Å². The lowest BCUT2D eigenvalue weighted by Crippen LogP contribution is -2.48. The van der Waals surface area contributed by atoms with Crippen molar-refractivity contribution < 1.29 is 19.0 Å². The third-order valence-electron chi connectivity index (χ3n) is 1.98. The second-order valence-electron chi connectivity index (χ2n) is 3.32. The minimum Gasteiger partial charge on any atom is -0.427 e. The molecular formula is C7H16O4Si. The van der Waals surface area contributed by atoms with E-state index in [1.807, 2.05) is 6.55 Å². The SMILES string of the molecule is COC(OC)[Si](C)(O)CC1CO1. The average molecular weight is 192 g/mol. The Labute approximate surface area is 73.6 Å². The molecule has 0 bridgehead atoms. The molecule has 72 valence electrons. The van der Waals surface area contributed by atoms with Gasteiger partial charge < -0.3 is 19.0 Å². The van der Waals surface area contributed by atoms with E-state index in [2.05, 4.69) is 0 Å². The maximum absolute atomic E-state index is 9.99. The summed E-state index contributed by atoms with van der Waals surface area (Å²) < 4.78 is 15.1. The topological polar surface area (TPSA) is 51.2 Å². The van der Waals surface area contributed by atoms with Gasteiger partial charge in [-0.1, -0.05) is 0 Å². The Kier molecular flexibility index (Phi) is 3.25. The predicted molar refractivity (Wildman–Crippen MR) is 46.2 cm³/mol. The lowest BCUT2D eigenvalue weighted by atomic mass is 10.6. The van der Waals surface area contributed by atoms with Crippen molar-refractivity contribution in [2.45, 2.75) is 24.6 Å². The highest BCUT2D eigenvalue weighted by Gasteiger charge is 2.42. The Bertz CT molecular complexity index is 142. The predicted octanol–water partition coefficient (Wildman–Crippen LogP) is 0.111. The van der Waals surface area contributed by atoms with Gasteiger partial charge in [-0.2, -0.15) is 0 Å². The van der Waals surface area contributed by atoms with Crippen LogP contribution in [0.25, 0.3) is 0 Å². The van der Waals surface area contributed by atoms with E-state index < -0.39 is 14.2 Å². The molecule has 0 amide bonds. The van der Waals surface area contributed by atoms with E-state index in [0.29, 0.717) is 6.04 Å². The van der Waals surface area contributed by atoms with E-state index in [0.717, 1.165) is 6.61 Å². The number of epoxide rings is 1. The standard InChI is InChI=1S/C7H16O4Si/c1-9-7(10-2)12(3,8)5-6-4-11-6/h6-8H,4-5H2,1-3H3. The van der Waals surface area contributed by atoms with Crippen LogP contribution in [0.1, 0.15) is 0 Å². The van der Waals surface area contributed by atoms with Gasteiger partial charge in [-0.3, -0.25) is 0 Å². The normalized spacial score (nSPS) is 27.2. The molecule has 1 fully saturated rings. The Balaban J connectivity index is 2.41. The highest BCUT2D eigenvalue weighted by Crippen LogP contribution is 2.24. The van der Waals surface area contributed by atoms with Crippen molar-refractivity contribution in [3.63, 3.8) is 0 Å². The summed E-state index contributed by atoms with van der Waals surface area (Å²) >= 11 is 0. The van der Waals surface area contributed by atoms with Gasteiger partial charge in [0, 0.05) is 14.2 Å². The number of hydrogen-bond donors (Lipinski definition) is 1. The van der Waals surface area contributed by atoms with Gasteiger partial charge in [-0.05, 0) is 12.6 Å². The Hall–Kier alpha value is 0.0569. The maximum Gasteiger partial charge on any atom is 0.249 e. The number of hydrogen-bond acceptors (Lipinski definition) is 4. The van der Waals surface area contributed by atoms with E-state index in [9.17, 15) is 4.80 Å². The first kappa shape index (κ1) is 10.1. The number of rotatable bonds is 5. The zero-order valence-electron chi connectivity index (χ0n) is 7.74. The van der Waals surface area contributed by atoms with Gasteiger partial charge in [0.25, 0.3) is 0 Å². The Morgan fingerprint density at radius 3 is 2.42 bits per heavy atom. The van der Waals surface area contributed by atoms with Crippen LogP contribution in [0.5, 0.6) is 0 Å². The molecule has 0 spiro atoms. The minimum absolute atomic E-state index is 0.236. The molecule has 0 radical (unpaired) electrons. The molecular weight excluding hydrogens is 176 g/mol. The van der Waals surface area contributed by atoms with Crippen LogP contribution in [0.2, 0.25) is 12.6 Å². The molecule has 0 aromatic heterocycles. The van der Waals surface area contributed by atoms with Crippen molar-refractivity contribution >= 4 is 8.32 Å². The Morgan fingerprint density at radius 2 is 2.08 bits per heavy atom. The molecule has 2 atom stereocenters. The molecule has 0 aromatic carbocycles. The van der Waals surface area contributed by atoms with Gasteiger partial charge in [-0.15, -0.1) is 0 Å². The zero-order valence-corrected chi connectivity index (χ0v) is 8.74. The monoisotopic (exact) mass is 192 g/mol. The third kappa shape index (κ3) is 2.53. The molecule has 0 aromatic rings. The van der Waals surface area contributed by atoms with E-state index in [-0.39, 0.29) is 6.10 Å². The highest BCUT2D eigenvalue weighted by atomic mass is 28.4. The lowest BCUT2D eigenvalue weighted by Gasteiger charge is -2.27. The first-order valence-electron chi connectivity index (χ1n) is 3.99. The van der Waals surface area contributed by atoms with Gasteiger partial charge in [0.15, 0.2) is 5.91 Å². The van der Waals surface area contributed by atoms with Crippen LogP contribution < -0.4 is 0 Å². The third-order valence-corrected chi connectivity index (χ3v) is 4.75. The summed E-state index contributed by atoms with van der Waals surface area (Å²) in [6.07, 6.45) is 0.236. The van der Waals surface area contributed by atoms with Crippen molar-refractivity contribution in [2.24, 2.45) is 0 Å². The van der Waals surface area contributed by atoms with Crippen LogP contribution in [0, 0.1) is 0 Å². The molecule has 1 heterocycles. The zero-order chi connectivity index (χ0) is 9.19. The van der Waals surface area contributed by atoms with Crippen molar-refractivity contribution in [2.75, 3.05) is 20.8 Å². The quantitative estimate of drug-likeness (QED) is 0.381. The molecule has 4 nitrogen and oxygen atoms in total. The fourth-order valence-corrected chi connectivity index (χ4v) is 3.71. The number of ether oxygens (including phenoxy) is 3. The van der Waals surface area contributed by atoms with Crippen LogP contribution in [0.3, 0.4) is 0 Å². The van der Waals surface area contributed by atoms with Gasteiger partial charge in [0.2, 0.25) is 8.32 Å². The molecule has 1 rings (SSSR count). The summed E-state index contributed by atoms with van der Waals surface area (Å²) in [6.45, 7) is 2.59. The van der Waals surface area contributed by atoms with E-state index in [1.54, 1.807) is 14.2 Å². The highest BCUT2D eigenvalue weighted by molar-refractivity contribution is 6.72. The Morgan fingerprint density at radius 1 is 1.58 bits per heavy atom. The van der Waals surface area contributed by atoms with Crippen molar-refractivity contribution in [1.29, 1.82) is 0 Å². The average Bonchev–Trinajstić information content (AvgIpc) is 2.72. The largest absolute Gasteiger partial charge is 0.427 e. The first-order valence-corrected chi connectivity index (χ1v) is 6.73. The molecule has 1 saturated heterocycles. The summed E-state index contributed by atoms with van der Waals surface area (Å²) in [6, 6.07) is 0.694. The summed E-state index contributed by atoms with van der Waals surface area (Å²) in [7, 11) is 0.687. The molecule has 1 aliphatic rings. The molecule has 2 unspecified atom stereocenters.